The number of likely N-dealkylation sites (tertiary alicyclic amines) is 1. The van der Waals surface area contributed by atoms with Crippen LogP contribution in [0.3, 0.4) is 0 Å². The Morgan fingerprint density at radius 2 is 1.97 bits per heavy atom. The molecule has 1 atom stereocenters. The van der Waals surface area contributed by atoms with Crippen molar-refractivity contribution in [2.24, 2.45) is 0 Å². The monoisotopic (exact) mass is 394 g/mol. The molecule has 0 spiro atoms. The molecule has 0 aliphatic carbocycles. The topological polar surface area (TPSA) is 118 Å². The zero-order valence-electron chi connectivity index (χ0n) is 17.1. The minimum Gasteiger partial charge on any atom is -0.444 e. The first-order valence-corrected chi connectivity index (χ1v) is 9.66. The quantitative estimate of drug-likeness (QED) is 0.830. The first-order chi connectivity index (χ1) is 13.7. The van der Waals surface area contributed by atoms with Crippen molar-refractivity contribution < 1.29 is 9.53 Å². The zero-order valence-corrected chi connectivity index (χ0v) is 17.1. The van der Waals surface area contributed by atoms with Crippen molar-refractivity contribution in [1.82, 2.24) is 19.9 Å². The minimum atomic E-state index is -0.691. The highest BCUT2D eigenvalue weighted by molar-refractivity contribution is 5.68. The number of hydrogen-bond donors (Lipinski definition) is 1. The molecule has 1 unspecified atom stereocenters. The van der Waals surface area contributed by atoms with Gasteiger partial charge in [0.2, 0.25) is 5.95 Å². The van der Waals surface area contributed by atoms with Crippen molar-refractivity contribution in [2.45, 2.75) is 51.0 Å². The van der Waals surface area contributed by atoms with Crippen LogP contribution in [0.5, 0.6) is 0 Å². The molecular formula is C21H26N6O2. The second-order valence-electron chi connectivity index (χ2n) is 8.27. The highest BCUT2D eigenvalue weighted by Gasteiger charge is 2.36. The van der Waals surface area contributed by atoms with Crippen LogP contribution < -0.4 is 5.73 Å². The number of ether oxygens (including phenoxy) is 1. The molecule has 0 saturated carbocycles. The summed E-state index contributed by atoms with van der Waals surface area (Å²) in [6, 6.07) is 6.28. The van der Waals surface area contributed by atoms with Gasteiger partial charge in [-0.25, -0.2) is 14.8 Å². The number of amides is 1. The molecule has 1 aliphatic heterocycles. The lowest BCUT2D eigenvalue weighted by Gasteiger charge is -2.28. The number of aromatic nitrogens is 3. The van der Waals surface area contributed by atoms with Crippen LogP contribution in [-0.4, -0.2) is 44.6 Å². The fourth-order valence-electron chi connectivity index (χ4n) is 3.46. The molecule has 1 amide bonds. The summed E-state index contributed by atoms with van der Waals surface area (Å²) in [5.41, 5.74) is 6.63. The van der Waals surface area contributed by atoms with Crippen molar-refractivity contribution in [3.05, 3.63) is 36.3 Å². The van der Waals surface area contributed by atoms with Crippen LogP contribution >= 0.6 is 0 Å². The van der Waals surface area contributed by atoms with Gasteiger partial charge in [0.05, 0.1) is 17.2 Å². The maximum Gasteiger partial charge on any atom is 0.410 e. The van der Waals surface area contributed by atoms with Crippen LogP contribution in [0.1, 0.15) is 45.6 Å². The van der Waals surface area contributed by atoms with E-state index in [0.717, 1.165) is 17.5 Å². The van der Waals surface area contributed by atoms with E-state index in [1.165, 1.54) is 0 Å². The molecule has 1 aliphatic rings. The lowest BCUT2D eigenvalue weighted by Crippen LogP contribution is -2.38. The second kappa shape index (κ2) is 8.03. The van der Waals surface area contributed by atoms with Gasteiger partial charge in [0, 0.05) is 37.2 Å². The predicted octanol–water partition coefficient (Wildman–Crippen LogP) is 3.30. The summed E-state index contributed by atoms with van der Waals surface area (Å²) < 4.78 is 5.50. The van der Waals surface area contributed by atoms with E-state index in [0.29, 0.717) is 31.6 Å². The van der Waals surface area contributed by atoms with E-state index in [9.17, 15) is 10.1 Å². The van der Waals surface area contributed by atoms with E-state index in [-0.39, 0.29) is 12.0 Å². The van der Waals surface area contributed by atoms with Crippen molar-refractivity contribution in [3.8, 4) is 17.3 Å². The Balaban J connectivity index is 1.83. The standard InChI is InChI=1S/C21H26N6O2/c1-20(2,3)29-19(28)27-9-4-6-21(14-22,7-10-27)16-5-8-24-17(11-16)15-12-25-18(23)26-13-15/h5,8,11-13H,4,6-7,9-10H2,1-3H3,(H2,23,25,26). The molecule has 152 valence electrons. The van der Waals surface area contributed by atoms with Gasteiger partial charge in [-0.1, -0.05) is 0 Å². The van der Waals surface area contributed by atoms with Crippen LogP contribution in [0.2, 0.25) is 0 Å². The van der Waals surface area contributed by atoms with Gasteiger partial charge in [0.1, 0.15) is 5.60 Å². The first-order valence-electron chi connectivity index (χ1n) is 9.66. The van der Waals surface area contributed by atoms with Crippen molar-refractivity contribution >= 4 is 12.0 Å². The van der Waals surface area contributed by atoms with Crippen molar-refractivity contribution in [3.63, 3.8) is 0 Å². The lowest BCUT2D eigenvalue weighted by atomic mass is 9.76. The van der Waals surface area contributed by atoms with Crippen LogP contribution in [-0.2, 0) is 10.2 Å². The van der Waals surface area contributed by atoms with Gasteiger partial charge in [0.15, 0.2) is 0 Å². The molecule has 3 rings (SSSR count). The minimum absolute atomic E-state index is 0.199. The van der Waals surface area contributed by atoms with E-state index >= 15 is 0 Å². The molecule has 1 fully saturated rings. The number of carbonyl (C=O) groups is 1. The summed E-state index contributed by atoms with van der Waals surface area (Å²) in [5.74, 6) is 0.199. The number of pyridine rings is 1. The van der Waals surface area contributed by atoms with Crippen molar-refractivity contribution in [1.29, 1.82) is 5.26 Å². The number of nitrogens with zero attached hydrogens (tertiary/aromatic N) is 5. The van der Waals surface area contributed by atoms with Crippen LogP contribution in [0.25, 0.3) is 11.3 Å². The highest BCUT2D eigenvalue weighted by Crippen LogP contribution is 2.36. The van der Waals surface area contributed by atoms with Crippen LogP contribution in [0, 0.1) is 11.3 Å². The van der Waals surface area contributed by atoms with Gasteiger partial charge in [-0.2, -0.15) is 5.26 Å². The second-order valence-corrected chi connectivity index (χ2v) is 8.27. The van der Waals surface area contributed by atoms with Gasteiger partial charge in [-0.3, -0.25) is 4.98 Å². The Kier molecular flexibility index (Phi) is 5.69. The number of hydrogen-bond acceptors (Lipinski definition) is 7. The average Bonchev–Trinajstić information content (AvgIpc) is 2.91. The molecule has 29 heavy (non-hydrogen) atoms. The number of rotatable bonds is 2. The van der Waals surface area contributed by atoms with Gasteiger partial charge in [0.25, 0.3) is 0 Å². The molecule has 3 heterocycles. The van der Waals surface area contributed by atoms with E-state index in [2.05, 4.69) is 21.0 Å². The maximum absolute atomic E-state index is 12.5. The number of carbonyl (C=O) groups excluding carboxylic acids is 1. The Labute approximate surface area is 170 Å². The molecule has 0 radical (unpaired) electrons. The van der Waals surface area contributed by atoms with E-state index in [4.69, 9.17) is 10.5 Å². The van der Waals surface area contributed by atoms with Crippen molar-refractivity contribution in [2.75, 3.05) is 18.8 Å². The summed E-state index contributed by atoms with van der Waals surface area (Å²) in [4.78, 5) is 26.6. The molecule has 2 N–H and O–H groups in total. The summed E-state index contributed by atoms with van der Waals surface area (Å²) in [6.45, 7) is 6.58. The summed E-state index contributed by atoms with van der Waals surface area (Å²) in [6.07, 6.45) is 6.50. The Morgan fingerprint density at radius 3 is 2.62 bits per heavy atom. The number of nitrogen functional groups attached to an aromatic ring is 1. The molecule has 2 aromatic rings. The third kappa shape index (κ3) is 4.80. The molecule has 0 aromatic carbocycles. The van der Waals surface area contributed by atoms with Gasteiger partial charge < -0.3 is 15.4 Å². The SMILES string of the molecule is CC(C)(C)OC(=O)N1CCCC(C#N)(c2ccnc(-c3cnc(N)nc3)c2)CC1. The number of nitriles is 1. The average molecular weight is 394 g/mol. The predicted molar refractivity (Wildman–Crippen MR) is 109 cm³/mol. The highest BCUT2D eigenvalue weighted by atomic mass is 16.6. The van der Waals surface area contributed by atoms with Crippen LogP contribution in [0.15, 0.2) is 30.7 Å². The van der Waals surface area contributed by atoms with Gasteiger partial charge in [-0.05, 0) is 57.7 Å². The zero-order chi connectivity index (χ0) is 21.1. The first kappa shape index (κ1) is 20.5. The summed E-state index contributed by atoms with van der Waals surface area (Å²) >= 11 is 0. The Bertz CT molecular complexity index is 916. The molecule has 2 aromatic heterocycles. The largest absolute Gasteiger partial charge is 0.444 e. The molecule has 8 nitrogen and oxygen atoms in total. The fraction of sp³-hybridized carbons (Fsp3) is 0.476. The summed E-state index contributed by atoms with van der Waals surface area (Å²) in [5, 5.41) is 10.1. The molecule has 1 saturated heterocycles. The molecule has 8 heteroatoms. The van der Waals surface area contributed by atoms with Gasteiger partial charge in [-0.15, -0.1) is 0 Å². The fourth-order valence-corrected chi connectivity index (χ4v) is 3.46. The normalized spacial score (nSPS) is 19.9. The third-order valence-electron chi connectivity index (χ3n) is 4.99. The number of nitrogens with two attached hydrogens (primary N) is 1. The van der Waals surface area contributed by atoms with E-state index in [1.54, 1.807) is 23.5 Å². The smallest absolute Gasteiger partial charge is 0.410 e. The van der Waals surface area contributed by atoms with E-state index in [1.807, 2.05) is 32.9 Å². The Hall–Kier alpha value is -3.21. The summed E-state index contributed by atoms with van der Waals surface area (Å²) in [7, 11) is 0. The number of anilines is 1. The van der Waals surface area contributed by atoms with E-state index < -0.39 is 11.0 Å². The molecule has 0 bridgehead atoms. The molecular weight excluding hydrogens is 368 g/mol. The maximum atomic E-state index is 12.5. The lowest BCUT2D eigenvalue weighted by molar-refractivity contribution is 0.0255. The van der Waals surface area contributed by atoms with Gasteiger partial charge >= 0.3 is 6.09 Å². The third-order valence-corrected chi connectivity index (χ3v) is 4.99. The van der Waals surface area contributed by atoms with Crippen LogP contribution in [0.4, 0.5) is 10.7 Å². The Morgan fingerprint density at radius 1 is 1.24 bits per heavy atom.